The molecule has 0 saturated carbocycles. The van der Waals surface area contributed by atoms with Gasteiger partial charge in [0.05, 0.1) is 16.4 Å². The Hall–Kier alpha value is -2.52. The number of non-ortho nitro benzene ring substituents is 1. The second-order valence-corrected chi connectivity index (χ2v) is 8.12. The molecule has 8 nitrogen and oxygen atoms in total. The standard InChI is InChI=1S/C17H19N3O5S/c1-12-6-7-14(20(21)22)10-16(12)26(23,24)19-9-8-15(11-19)25-17-5-3-4-13(2)18-17/h3-7,10,15H,8-9,11H2,1-2H3. The number of ether oxygens (including phenoxy) is 1. The zero-order valence-corrected chi connectivity index (χ0v) is 15.3. The lowest BCUT2D eigenvalue weighted by Gasteiger charge is -2.18. The van der Waals surface area contributed by atoms with E-state index >= 15 is 0 Å². The van der Waals surface area contributed by atoms with E-state index in [9.17, 15) is 18.5 Å². The molecule has 1 aromatic heterocycles. The fourth-order valence-corrected chi connectivity index (χ4v) is 4.62. The lowest BCUT2D eigenvalue weighted by atomic mass is 10.2. The topological polar surface area (TPSA) is 103 Å². The minimum atomic E-state index is -3.83. The van der Waals surface area contributed by atoms with Crippen molar-refractivity contribution in [1.82, 2.24) is 9.29 Å². The third-order valence-electron chi connectivity index (χ3n) is 4.26. The third kappa shape index (κ3) is 3.68. The molecular weight excluding hydrogens is 358 g/mol. The van der Waals surface area contributed by atoms with Crippen molar-refractivity contribution in [1.29, 1.82) is 0 Å². The van der Waals surface area contributed by atoms with Gasteiger partial charge < -0.3 is 4.74 Å². The van der Waals surface area contributed by atoms with E-state index in [-0.39, 0.29) is 23.2 Å². The number of pyridine rings is 1. The number of sulfonamides is 1. The van der Waals surface area contributed by atoms with Gasteiger partial charge in [-0.3, -0.25) is 10.1 Å². The predicted molar refractivity (Wildman–Crippen MR) is 94.6 cm³/mol. The zero-order valence-electron chi connectivity index (χ0n) is 14.5. The van der Waals surface area contributed by atoms with Gasteiger partial charge in [-0.05, 0) is 31.9 Å². The number of nitrogens with zero attached hydrogens (tertiary/aromatic N) is 3. The maximum atomic E-state index is 12.9. The molecule has 0 aliphatic carbocycles. The summed E-state index contributed by atoms with van der Waals surface area (Å²) in [6.07, 6.45) is 0.223. The number of hydrogen-bond donors (Lipinski definition) is 0. The van der Waals surface area contributed by atoms with Crippen LogP contribution in [-0.4, -0.2) is 41.8 Å². The molecule has 1 aliphatic rings. The largest absolute Gasteiger partial charge is 0.473 e. The van der Waals surface area contributed by atoms with Crippen LogP contribution in [0.2, 0.25) is 0 Å². The second kappa shape index (κ2) is 7.00. The van der Waals surface area contributed by atoms with E-state index in [1.807, 2.05) is 19.1 Å². The van der Waals surface area contributed by atoms with Crippen molar-refractivity contribution in [2.45, 2.75) is 31.3 Å². The Morgan fingerprint density at radius 3 is 2.73 bits per heavy atom. The second-order valence-electron chi connectivity index (χ2n) is 6.22. The summed E-state index contributed by atoms with van der Waals surface area (Å²) < 4.78 is 32.9. The van der Waals surface area contributed by atoms with E-state index < -0.39 is 14.9 Å². The molecule has 0 N–H and O–H groups in total. The Bertz CT molecular complexity index is 945. The third-order valence-corrected chi connectivity index (χ3v) is 6.27. The molecule has 1 unspecified atom stereocenters. The average Bonchev–Trinajstić information content (AvgIpc) is 3.04. The highest BCUT2D eigenvalue weighted by atomic mass is 32.2. The Balaban J connectivity index is 1.79. The van der Waals surface area contributed by atoms with E-state index in [1.54, 1.807) is 13.0 Å². The molecule has 3 rings (SSSR count). The smallest absolute Gasteiger partial charge is 0.270 e. The minimum Gasteiger partial charge on any atom is -0.473 e. The number of aryl methyl sites for hydroxylation is 2. The fraction of sp³-hybridized carbons (Fsp3) is 0.353. The first-order chi connectivity index (χ1) is 12.3. The molecule has 0 spiro atoms. The van der Waals surface area contributed by atoms with Crippen LogP contribution in [0.3, 0.4) is 0 Å². The summed E-state index contributed by atoms with van der Waals surface area (Å²) in [6.45, 7) is 3.95. The normalized spacial score (nSPS) is 18.0. The molecular formula is C17H19N3O5S. The van der Waals surface area contributed by atoms with Gasteiger partial charge >= 0.3 is 0 Å². The molecule has 1 aliphatic heterocycles. The maximum absolute atomic E-state index is 12.9. The molecule has 26 heavy (non-hydrogen) atoms. The van der Waals surface area contributed by atoms with Gasteiger partial charge in [0.2, 0.25) is 15.9 Å². The Morgan fingerprint density at radius 2 is 2.04 bits per heavy atom. The van der Waals surface area contributed by atoms with Crippen molar-refractivity contribution in [2.75, 3.05) is 13.1 Å². The van der Waals surface area contributed by atoms with Gasteiger partial charge in [0.1, 0.15) is 6.10 Å². The monoisotopic (exact) mass is 377 g/mol. The summed E-state index contributed by atoms with van der Waals surface area (Å²) in [5.41, 5.74) is 1.04. The van der Waals surface area contributed by atoms with Gasteiger partial charge in [0.15, 0.2) is 0 Å². The first-order valence-electron chi connectivity index (χ1n) is 8.13. The molecule has 0 amide bonds. The lowest BCUT2D eigenvalue weighted by Crippen LogP contribution is -2.31. The minimum absolute atomic E-state index is 0.0407. The van der Waals surface area contributed by atoms with Crippen molar-refractivity contribution >= 4 is 15.7 Å². The number of nitro benzene ring substituents is 1. The first-order valence-corrected chi connectivity index (χ1v) is 9.57. The van der Waals surface area contributed by atoms with Crippen LogP contribution in [0, 0.1) is 24.0 Å². The highest BCUT2D eigenvalue weighted by molar-refractivity contribution is 7.89. The summed E-state index contributed by atoms with van der Waals surface area (Å²) in [5.74, 6) is 0.459. The van der Waals surface area contributed by atoms with Gasteiger partial charge in [0.25, 0.3) is 5.69 Å². The molecule has 0 bridgehead atoms. The van der Waals surface area contributed by atoms with Crippen LogP contribution in [0.25, 0.3) is 0 Å². The quantitative estimate of drug-likeness (QED) is 0.586. The van der Waals surface area contributed by atoms with Gasteiger partial charge in [0, 0.05) is 30.4 Å². The van der Waals surface area contributed by atoms with Crippen LogP contribution in [0.4, 0.5) is 5.69 Å². The number of aromatic nitrogens is 1. The lowest BCUT2D eigenvalue weighted by molar-refractivity contribution is -0.385. The summed E-state index contributed by atoms with van der Waals surface area (Å²) in [4.78, 5) is 14.6. The number of rotatable bonds is 5. The van der Waals surface area contributed by atoms with E-state index in [0.717, 1.165) is 11.8 Å². The van der Waals surface area contributed by atoms with Gasteiger partial charge in [-0.1, -0.05) is 12.1 Å². The van der Waals surface area contributed by atoms with E-state index in [1.165, 1.54) is 16.4 Å². The van der Waals surface area contributed by atoms with Crippen LogP contribution in [0.1, 0.15) is 17.7 Å². The summed E-state index contributed by atoms with van der Waals surface area (Å²) in [6, 6.07) is 9.27. The molecule has 1 fully saturated rings. The summed E-state index contributed by atoms with van der Waals surface area (Å²) in [7, 11) is -3.83. The molecule has 2 heterocycles. The maximum Gasteiger partial charge on any atom is 0.270 e. The van der Waals surface area contributed by atoms with Crippen LogP contribution in [0.5, 0.6) is 5.88 Å². The van der Waals surface area contributed by atoms with E-state index in [4.69, 9.17) is 4.74 Å². The SMILES string of the molecule is Cc1cccc(OC2CCN(S(=O)(=O)c3cc([N+](=O)[O-])ccc3C)C2)n1. The van der Waals surface area contributed by atoms with E-state index in [0.29, 0.717) is 24.4 Å². The average molecular weight is 377 g/mol. The fourth-order valence-electron chi connectivity index (χ4n) is 2.89. The predicted octanol–water partition coefficient (Wildman–Crippen LogP) is 2.45. The van der Waals surface area contributed by atoms with E-state index in [2.05, 4.69) is 4.98 Å². The highest BCUT2D eigenvalue weighted by Crippen LogP contribution is 2.28. The molecule has 138 valence electrons. The molecule has 2 aromatic rings. The Kier molecular flexibility index (Phi) is 4.92. The number of benzene rings is 1. The highest BCUT2D eigenvalue weighted by Gasteiger charge is 2.35. The first kappa shape index (κ1) is 18.3. The van der Waals surface area contributed by atoms with Crippen molar-refractivity contribution in [3.63, 3.8) is 0 Å². The molecule has 1 saturated heterocycles. The van der Waals surface area contributed by atoms with Crippen LogP contribution >= 0.6 is 0 Å². The van der Waals surface area contributed by atoms with Gasteiger partial charge in [-0.2, -0.15) is 4.31 Å². The molecule has 0 radical (unpaired) electrons. The van der Waals surface area contributed by atoms with Crippen molar-refractivity contribution < 1.29 is 18.1 Å². The summed E-state index contributed by atoms with van der Waals surface area (Å²) >= 11 is 0. The van der Waals surface area contributed by atoms with Crippen molar-refractivity contribution in [3.8, 4) is 5.88 Å². The number of hydrogen-bond acceptors (Lipinski definition) is 6. The molecule has 9 heteroatoms. The van der Waals surface area contributed by atoms with Crippen molar-refractivity contribution in [2.24, 2.45) is 0 Å². The molecule has 1 aromatic carbocycles. The molecule has 1 atom stereocenters. The Morgan fingerprint density at radius 1 is 1.27 bits per heavy atom. The van der Waals surface area contributed by atoms with Gasteiger partial charge in [-0.15, -0.1) is 0 Å². The number of nitro groups is 1. The zero-order chi connectivity index (χ0) is 18.9. The Labute approximate surface area is 151 Å². The van der Waals surface area contributed by atoms with Crippen molar-refractivity contribution in [3.05, 3.63) is 57.8 Å². The summed E-state index contributed by atoms with van der Waals surface area (Å²) in [5, 5.41) is 11.0. The van der Waals surface area contributed by atoms with Crippen LogP contribution in [-0.2, 0) is 10.0 Å². The van der Waals surface area contributed by atoms with Crippen LogP contribution < -0.4 is 4.74 Å². The van der Waals surface area contributed by atoms with Crippen LogP contribution in [0.15, 0.2) is 41.3 Å². The van der Waals surface area contributed by atoms with Gasteiger partial charge in [-0.25, -0.2) is 13.4 Å².